The molecular formula is C24H46O2. The van der Waals surface area contributed by atoms with E-state index in [4.69, 9.17) is 0 Å². The molecule has 2 nitrogen and oxygen atoms in total. The Kier molecular flexibility index (Phi) is 21.8. The molecule has 0 fully saturated rings. The lowest BCUT2D eigenvalue weighted by Crippen LogP contribution is -1.97. The number of carbonyl (C=O) groups is 2. The molecule has 2 heteroatoms. The molecule has 154 valence electrons. The number of rotatable bonds is 22. The van der Waals surface area contributed by atoms with Gasteiger partial charge in [0.05, 0.1) is 6.42 Å². The summed E-state index contributed by atoms with van der Waals surface area (Å²) in [7, 11) is 0. The summed E-state index contributed by atoms with van der Waals surface area (Å²) < 4.78 is 0. The maximum Gasteiger partial charge on any atom is 0.139 e. The van der Waals surface area contributed by atoms with Crippen molar-refractivity contribution in [3.05, 3.63) is 0 Å². The van der Waals surface area contributed by atoms with Crippen LogP contribution in [-0.4, -0.2) is 12.1 Å². The van der Waals surface area contributed by atoms with E-state index in [0.29, 0.717) is 6.42 Å². The zero-order valence-electron chi connectivity index (χ0n) is 17.7. The van der Waals surface area contributed by atoms with Crippen LogP contribution in [0.15, 0.2) is 0 Å². The molecule has 0 unspecified atom stereocenters. The molecule has 0 saturated carbocycles. The van der Waals surface area contributed by atoms with Crippen molar-refractivity contribution in [2.45, 2.75) is 142 Å². The maximum absolute atomic E-state index is 11.2. The van der Waals surface area contributed by atoms with Crippen LogP contribution in [0.4, 0.5) is 0 Å². The normalized spacial score (nSPS) is 11.0. The van der Waals surface area contributed by atoms with Crippen LogP contribution in [0.5, 0.6) is 0 Å². The van der Waals surface area contributed by atoms with Gasteiger partial charge < -0.3 is 4.79 Å². The zero-order valence-corrected chi connectivity index (χ0v) is 17.7. The highest BCUT2D eigenvalue weighted by Gasteiger charge is 2.00. The van der Waals surface area contributed by atoms with Crippen LogP contribution in [0.25, 0.3) is 0 Å². The predicted molar refractivity (Wildman–Crippen MR) is 114 cm³/mol. The third-order valence-corrected chi connectivity index (χ3v) is 5.37. The van der Waals surface area contributed by atoms with E-state index in [0.717, 1.165) is 19.1 Å². The van der Waals surface area contributed by atoms with Gasteiger partial charge in [0.1, 0.15) is 12.1 Å². The fourth-order valence-corrected chi connectivity index (χ4v) is 3.60. The molecule has 0 aliphatic heterocycles. The molecule has 0 spiro atoms. The van der Waals surface area contributed by atoms with Gasteiger partial charge in [0.15, 0.2) is 0 Å². The second-order valence-electron chi connectivity index (χ2n) is 8.02. The lowest BCUT2D eigenvalue weighted by atomic mass is 10.0. The Morgan fingerprint density at radius 3 is 1.15 bits per heavy atom. The molecule has 0 saturated heterocycles. The molecule has 0 rings (SSSR count). The monoisotopic (exact) mass is 366 g/mol. The molecule has 0 aromatic heterocycles. The lowest BCUT2D eigenvalue weighted by molar-refractivity contribution is -0.122. The van der Waals surface area contributed by atoms with E-state index in [1.54, 1.807) is 0 Å². The Bertz CT molecular complexity index is 299. The first kappa shape index (κ1) is 25.3. The quantitative estimate of drug-likeness (QED) is 0.111. The van der Waals surface area contributed by atoms with Crippen LogP contribution in [0.2, 0.25) is 0 Å². The number of Topliss-reactive ketones (excluding diaryl/α,β-unsaturated/α-hetero) is 1. The van der Waals surface area contributed by atoms with Crippen molar-refractivity contribution in [3.63, 3.8) is 0 Å². The topological polar surface area (TPSA) is 34.1 Å². The van der Waals surface area contributed by atoms with Crippen LogP contribution in [0, 0.1) is 0 Å². The van der Waals surface area contributed by atoms with Crippen molar-refractivity contribution in [1.82, 2.24) is 0 Å². The van der Waals surface area contributed by atoms with Gasteiger partial charge in [-0.25, -0.2) is 0 Å². The fraction of sp³-hybridized carbons (Fsp3) is 0.917. The number of unbranched alkanes of at least 4 members (excludes halogenated alkanes) is 18. The zero-order chi connectivity index (χ0) is 19.1. The van der Waals surface area contributed by atoms with E-state index >= 15 is 0 Å². The first-order valence-electron chi connectivity index (χ1n) is 11.8. The van der Waals surface area contributed by atoms with Gasteiger partial charge in [-0.3, -0.25) is 4.79 Å². The van der Waals surface area contributed by atoms with Gasteiger partial charge in [-0.05, 0) is 6.42 Å². The standard InChI is InChI=1S/C24H46O2/c1-2-3-4-5-6-7-8-9-10-11-12-13-14-15-16-17-18-19-20-21-24(26)22-23-25/h23H,2-22H2,1H3. The van der Waals surface area contributed by atoms with Crippen molar-refractivity contribution >= 4 is 12.1 Å². The fourth-order valence-electron chi connectivity index (χ4n) is 3.60. The minimum absolute atomic E-state index is 0.104. The van der Waals surface area contributed by atoms with Crippen molar-refractivity contribution in [2.75, 3.05) is 0 Å². The summed E-state index contributed by atoms with van der Waals surface area (Å²) in [6.45, 7) is 2.28. The number of ketones is 1. The number of hydrogen-bond donors (Lipinski definition) is 0. The van der Waals surface area contributed by atoms with Crippen LogP contribution < -0.4 is 0 Å². The first-order valence-corrected chi connectivity index (χ1v) is 11.8. The van der Waals surface area contributed by atoms with Gasteiger partial charge in [-0.15, -0.1) is 0 Å². The first-order chi connectivity index (χ1) is 12.8. The maximum atomic E-state index is 11.2. The second kappa shape index (κ2) is 22.4. The SMILES string of the molecule is CCCCCCCCCCCCCCCCCCCCCC(=O)CC=O. The van der Waals surface area contributed by atoms with E-state index < -0.39 is 0 Å². The third kappa shape index (κ3) is 21.4. The lowest BCUT2D eigenvalue weighted by Gasteiger charge is -2.04. The minimum atomic E-state index is 0.104. The Hall–Kier alpha value is -0.660. The summed E-state index contributed by atoms with van der Waals surface area (Å²) in [4.78, 5) is 21.4. The minimum Gasteiger partial charge on any atom is -0.303 e. The summed E-state index contributed by atoms with van der Waals surface area (Å²) in [5.74, 6) is 0.104. The van der Waals surface area contributed by atoms with E-state index in [9.17, 15) is 9.59 Å². The van der Waals surface area contributed by atoms with Gasteiger partial charge in [0.25, 0.3) is 0 Å². The number of carbonyl (C=O) groups excluding carboxylic acids is 2. The van der Waals surface area contributed by atoms with Gasteiger partial charge in [0.2, 0.25) is 0 Å². The molecule has 0 aromatic carbocycles. The number of hydrogen-bond acceptors (Lipinski definition) is 2. The highest BCUT2D eigenvalue weighted by molar-refractivity contribution is 5.89. The molecule has 0 aliphatic rings. The summed E-state index contributed by atoms with van der Waals surface area (Å²) in [5.41, 5.74) is 0. The van der Waals surface area contributed by atoms with E-state index in [-0.39, 0.29) is 12.2 Å². The van der Waals surface area contributed by atoms with Crippen molar-refractivity contribution in [3.8, 4) is 0 Å². The average molecular weight is 367 g/mol. The highest BCUT2D eigenvalue weighted by Crippen LogP contribution is 2.14. The van der Waals surface area contributed by atoms with Gasteiger partial charge in [-0.2, -0.15) is 0 Å². The smallest absolute Gasteiger partial charge is 0.139 e. The Labute approximate surface area is 163 Å². The summed E-state index contributed by atoms with van der Waals surface area (Å²) in [6.07, 6.45) is 27.4. The molecule has 0 atom stereocenters. The molecule has 0 radical (unpaired) electrons. The van der Waals surface area contributed by atoms with Crippen molar-refractivity contribution in [1.29, 1.82) is 0 Å². The average Bonchev–Trinajstić information content (AvgIpc) is 2.64. The Balaban J connectivity index is 3.03. The van der Waals surface area contributed by atoms with Gasteiger partial charge in [0, 0.05) is 6.42 Å². The molecule has 0 N–H and O–H groups in total. The molecule has 0 aromatic rings. The summed E-state index contributed by atoms with van der Waals surface area (Å²) in [6, 6.07) is 0. The second-order valence-corrected chi connectivity index (χ2v) is 8.02. The van der Waals surface area contributed by atoms with E-state index in [1.165, 1.54) is 109 Å². The largest absolute Gasteiger partial charge is 0.303 e. The van der Waals surface area contributed by atoms with Crippen molar-refractivity contribution in [2.24, 2.45) is 0 Å². The van der Waals surface area contributed by atoms with E-state index in [1.807, 2.05) is 0 Å². The Morgan fingerprint density at radius 2 is 0.846 bits per heavy atom. The van der Waals surface area contributed by atoms with Crippen LogP contribution >= 0.6 is 0 Å². The molecule has 0 heterocycles. The van der Waals surface area contributed by atoms with Gasteiger partial charge >= 0.3 is 0 Å². The van der Waals surface area contributed by atoms with Gasteiger partial charge in [-0.1, -0.05) is 122 Å². The summed E-state index contributed by atoms with van der Waals surface area (Å²) >= 11 is 0. The van der Waals surface area contributed by atoms with Crippen LogP contribution in [0.3, 0.4) is 0 Å². The Morgan fingerprint density at radius 1 is 0.538 bits per heavy atom. The van der Waals surface area contributed by atoms with Crippen LogP contribution in [-0.2, 0) is 9.59 Å². The predicted octanol–water partition coefficient (Wildman–Crippen LogP) is 7.97. The molecule has 26 heavy (non-hydrogen) atoms. The van der Waals surface area contributed by atoms with Crippen molar-refractivity contribution < 1.29 is 9.59 Å². The van der Waals surface area contributed by atoms with E-state index in [2.05, 4.69) is 6.92 Å². The molecule has 0 bridgehead atoms. The molecular weight excluding hydrogens is 320 g/mol. The molecule has 0 amide bonds. The molecule has 0 aliphatic carbocycles. The summed E-state index contributed by atoms with van der Waals surface area (Å²) in [5, 5.41) is 0. The highest BCUT2D eigenvalue weighted by atomic mass is 16.1. The third-order valence-electron chi connectivity index (χ3n) is 5.37. The number of aldehydes is 1. The van der Waals surface area contributed by atoms with Crippen LogP contribution in [0.1, 0.15) is 142 Å².